The van der Waals surface area contributed by atoms with Crippen molar-refractivity contribution in [1.29, 1.82) is 0 Å². The maximum absolute atomic E-state index is 4.22. The second-order valence-electron chi connectivity index (χ2n) is 4.20. The molecule has 0 bridgehead atoms. The van der Waals surface area contributed by atoms with Crippen LogP contribution in [0.15, 0.2) is 12.3 Å². The Morgan fingerprint density at radius 3 is 2.71 bits per heavy atom. The lowest BCUT2D eigenvalue weighted by molar-refractivity contribution is 0.514. The Bertz CT molecular complexity index is 360. The van der Waals surface area contributed by atoms with Crippen LogP contribution in [0.5, 0.6) is 0 Å². The van der Waals surface area contributed by atoms with Gasteiger partial charge in [-0.1, -0.05) is 11.3 Å². The van der Waals surface area contributed by atoms with Crippen molar-refractivity contribution < 1.29 is 0 Å². The minimum absolute atomic E-state index is 0. The first-order valence-electron chi connectivity index (χ1n) is 5.59. The molecule has 0 unspecified atom stereocenters. The molecule has 0 saturated carbocycles. The minimum Gasteiger partial charge on any atom is -0.316 e. The highest BCUT2D eigenvalue weighted by Crippen LogP contribution is 2.18. The average molecular weight is 279 g/mol. The maximum atomic E-state index is 4.22. The fraction of sp³-hybridized carbons (Fsp3) is 0.636. The van der Waals surface area contributed by atoms with E-state index in [1.807, 2.05) is 10.9 Å². The van der Waals surface area contributed by atoms with Gasteiger partial charge in [-0.25, -0.2) is 4.68 Å². The second-order valence-corrected chi connectivity index (χ2v) is 4.20. The maximum Gasteiger partial charge on any atom is 0.108 e. The van der Waals surface area contributed by atoms with Gasteiger partial charge in [-0.2, -0.15) is 0 Å². The Morgan fingerprint density at radius 1 is 1.29 bits per heavy atom. The van der Waals surface area contributed by atoms with Crippen LogP contribution >= 0.6 is 24.8 Å². The van der Waals surface area contributed by atoms with Gasteiger partial charge in [-0.3, -0.25) is 0 Å². The first-order valence-corrected chi connectivity index (χ1v) is 5.59. The number of hydrogen-bond acceptors (Lipinski definition) is 3. The van der Waals surface area contributed by atoms with Crippen molar-refractivity contribution in [2.45, 2.75) is 32.7 Å². The van der Waals surface area contributed by atoms with Gasteiger partial charge in [0.2, 0.25) is 0 Å². The molecule has 1 aliphatic rings. The standard InChI is InChI=1S/C11H18N4.2ClH/c1-9(2)15-8-11(13-14-15)10-4-3-6-12-7-5-10;;/h4,8-9,12H,3,5-7H2,1-2H3;2*1H. The zero-order valence-corrected chi connectivity index (χ0v) is 11.9. The van der Waals surface area contributed by atoms with E-state index in [0.29, 0.717) is 6.04 Å². The van der Waals surface area contributed by atoms with E-state index in [1.54, 1.807) is 0 Å². The molecule has 0 atom stereocenters. The van der Waals surface area contributed by atoms with E-state index in [-0.39, 0.29) is 24.8 Å². The highest BCUT2D eigenvalue weighted by Gasteiger charge is 2.09. The molecule has 17 heavy (non-hydrogen) atoms. The van der Waals surface area contributed by atoms with Gasteiger partial charge in [-0.15, -0.1) is 29.9 Å². The molecule has 0 amide bonds. The van der Waals surface area contributed by atoms with E-state index in [4.69, 9.17) is 0 Å². The normalized spacial score (nSPS) is 15.6. The summed E-state index contributed by atoms with van der Waals surface area (Å²) in [7, 11) is 0. The Labute approximate surface area is 115 Å². The summed E-state index contributed by atoms with van der Waals surface area (Å²) >= 11 is 0. The first kappa shape index (κ1) is 16.4. The molecule has 6 heteroatoms. The zero-order valence-electron chi connectivity index (χ0n) is 10.2. The molecule has 0 aromatic carbocycles. The van der Waals surface area contributed by atoms with Gasteiger partial charge >= 0.3 is 0 Å². The van der Waals surface area contributed by atoms with Gasteiger partial charge in [0.25, 0.3) is 0 Å². The van der Waals surface area contributed by atoms with Crippen LogP contribution < -0.4 is 5.32 Å². The van der Waals surface area contributed by atoms with Crippen molar-refractivity contribution in [2.75, 3.05) is 13.1 Å². The third kappa shape index (κ3) is 4.30. The van der Waals surface area contributed by atoms with Crippen LogP contribution in [0.3, 0.4) is 0 Å². The smallest absolute Gasteiger partial charge is 0.108 e. The molecule has 4 nitrogen and oxygen atoms in total. The van der Waals surface area contributed by atoms with Crippen molar-refractivity contribution in [2.24, 2.45) is 0 Å². The molecular weight excluding hydrogens is 259 g/mol. The zero-order chi connectivity index (χ0) is 10.7. The van der Waals surface area contributed by atoms with Gasteiger partial charge in [0.1, 0.15) is 5.69 Å². The summed E-state index contributed by atoms with van der Waals surface area (Å²) in [6, 6.07) is 0.385. The second kappa shape index (κ2) is 7.69. The van der Waals surface area contributed by atoms with Crippen molar-refractivity contribution in [3.05, 3.63) is 18.0 Å². The Hall–Kier alpha value is -0.580. The molecular formula is C11H20Cl2N4. The predicted molar refractivity (Wildman–Crippen MR) is 75.0 cm³/mol. The third-order valence-electron chi connectivity index (χ3n) is 2.65. The van der Waals surface area contributed by atoms with Crippen molar-refractivity contribution in [3.8, 4) is 0 Å². The lowest BCUT2D eigenvalue weighted by atomic mass is 10.1. The van der Waals surface area contributed by atoms with Crippen molar-refractivity contribution in [3.63, 3.8) is 0 Å². The summed E-state index contributed by atoms with van der Waals surface area (Å²) in [6.07, 6.45) is 6.46. The van der Waals surface area contributed by atoms with Crippen LogP contribution in [0.25, 0.3) is 5.57 Å². The van der Waals surface area contributed by atoms with Gasteiger partial charge in [0.15, 0.2) is 0 Å². The highest BCUT2D eigenvalue weighted by molar-refractivity contribution is 5.85. The number of rotatable bonds is 2. The Balaban J connectivity index is 0.00000128. The molecule has 2 heterocycles. The molecule has 1 aromatic rings. The average Bonchev–Trinajstić information content (AvgIpc) is 2.55. The van der Waals surface area contributed by atoms with Crippen LogP contribution in [0.2, 0.25) is 0 Å². The summed E-state index contributed by atoms with van der Waals surface area (Å²) in [5.74, 6) is 0. The van der Waals surface area contributed by atoms with Crippen LogP contribution in [-0.2, 0) is 0 Å². The van der Waals surface area contributed by atoms with Gasteiger partial charge in [-0.05, 0) is 45.4 Å². The Morgan fingerprint density at radius 2 is 2.06 bits per heavy atom. The van der Waals surface area contributed by atoms with Crippen LogP contribution in [0.1, 0.15) is 38.4 Å². The van der Waals surface area contributed by atoms with Crippen molar-refractivity contribution >= 4 is 30.4 Å². The first-order chi connectivity index (χ1) is 7.27. The summed E-state index contributed by atoms with van der Waals surface area (Å²) in [4.78, 5) is 0. The summed E-state index contributed by atoms with van der Waals surface area (Å²) in [5, 5.41) is 11.7. The summed E-state index contributed by atoms with van der Waals surface area (Å²) in [6.45, 7) is 6.34. The van der Waals surface area contributed by atoms with E-state index < -0.39 is 0 Å². The molecule has 0 saturated heterocycles. The fourth-order valence-corrected chi connectivity index (χ4v) is 1.71. The summed E-state index contributed by atoms with van der Waals surface area (Å²) in [5.41, 5.74) is 2.36. The molecule has 0 spiro atoms. The topological polar surface area (TPSA) is 42.7 Å². The number of nitrogens with one attached hydrogen (secondary N) is 1. The van der Waals surface area contributed by atoms with E-state index in [9.17, 15) is 0 Å². The van der Waals surface area contributed by atoms with E-state index in [1.165, 1.54) is 5.57 Å². The van der Waals surface area contributed by atoms with Crippen LogP contribution in [0, 0.1) is 0 Å². The molecule has 1 aliphatic heterocycles. The fourth-order valence-electron chi connectivity index (χ4n) is 1.71. The lowest BCUT2D eigenvalue weighted by Gasteiger charge is -2.02. The SMILES string of the molecule is CC(C)n1cc(C2=CCCNCC2)nn1.Cl.Cl. The molecule has 2 rings (SSSR count). The third-order valence-corrected chi connectivity index (χ3v) is 2.65. The molecule has 0 fully saturated rings. The predicted octanol–water partition coefficient (Wildman–Crippen LogP) is 2.47. The molecule has 0 radical (unpaired) electrons. The molecule has 1 N–H and O–H groups in total. The number of halogens is 2. The van der Waals surface area contributed by atoms with E-state index in [2.05, 4.69) is 35.6 Å². The highest BCUT2D eigenvalue weighted by atomic mass is 35.5. The van der Waals surface area contributed by atoms with Gasteiger partial charge in [0, 0.05) is 6.04 Å². The largest absolute Gasteiger partial charge is 0.316 e. The number of nitrogens with zero attached hydrogens (tertiary/aromatic N) is 3. The van der Waals surface area contributed by atoms with Crippen molar-refractivity contribution in [1.82, 2.24) is 20.3 Å². The monoisotopic (exact) mass is 278 g/mol. The van der Waals surface area contributed by atoms with E-state index >= 15 is 0 Å². The lowest BCUT2D eigenvalue weighted by Crippen LogP contribution is -2.13. The van der Waals surface area contributed by atoms with Gasteiger partial charge in [0.05, 0.1) is 6.20 Å². The minimum atomic E-state index is 0. The van der Waals surface area contributed by atoms with Crippen LogP contribution in [-0.4, -0.2) is 28.1 Å². The number of aromatic nitrogens is 3. The van der Waals surface area contributed by atoms with Gasteiger partial charge < -0.3 is 5.32 Å². The quantitative estimate of drug-likeness (QED) is 0.904. The number of hydrogen-bond donors (Lipinski definition) is 1. The van der Waals surface area contributed by atoms with Crippen LogP contribution in [0.4, 0.5) is 0 Å². The molecule has 1 aromatic heterocycles. The molecule has 98 valence electrons. The Kier molecular flexibility index (Phi) is 7.43. The summed E-state index contributed by atoms with van der Waals surface area (Å²) < 4.78 is 1.91. The van der Waals surface area contributed by atoms with E-state index in [0.717, 1.165) is 31.6 Å². The molecule has 0 aliphatic carbocycles.